The second-order valence-electron chi connectivity index (χ2n) is 8.62. The van der Waals surface area contributed by atoms with Crippen molar-refractivity contribution in [2.75, 3.05) is 6.61 Å². The van der Waals surface area contributed by atoms with Crippen LogP contribution in [-0.4, -0.2) is 27.2 Å². The number of pyridine rings is 1. The average Bonchev–Trinajstić information content (AvgIpc) is 3.25. The van der Waals surface area contributed by atoms with E-state index in [2.05, 4.69) is 48.2 Å². The van der Waals surface area contributed by atoms with E-state index in [0.717, 1.165) is 39.3 Å². The number of fused-ring (bicyclic) bond motifs is 1. The number of furan rings is 1. The quantitative estimate of drug-likeness (QED) is 0.381. The minimum Gasteiger partial charge on any atom is -0.470 e. The number of rotatable bonds is 7. The van der Waals surface area contributed by atoms with Crippen molar-refractivity contribution in [2.24, 2.45) is 7.05 Å². The van der Waals surface area contributed by atoms with Crippen molar-refractivity contribution in [3.8, 4) is 17.1 Å². The number of ketones is 1. The van der Waals surface area contributed by atoms with E-state index >= 15 is 0 Å². The Kier molecular flexibility index (Phi) is 5.87. The zero-order valence-corrected chi connectivity index (χ0v) is 19.5. The van der Waals surface area contributed by atoms with Crippen LogP contribution >= 0.6 is 0 Å². The van der Waals surface area contributed by atoms with Crippen molar-refractivity contribution < 1.29 is 13.9 Å². The zero-order valence-electron chi connectivity index (χ0n) is 19.5. The van der Waals surface area contributed by atoms with Gasteiger partial charge < -0.3 is 9.15 Å². The molecule has 0 radical (unpaired) electrons. The molecule has 32 heavy (non-hydrogen) atoms. The van der Waals surface area contributed by atoms with Crippen LogP contribution in [0.25, 0.3) is 22.3 Å². The Bertz CT molecular complexity index is 1280. The third-order valence-electron chi connectivity index (χ3n) is 5.82. The molecule has 0 saturated heterocycles. The SMILES string of the molecule is Cc1ccc([C@H](C)CC(=O)COc2cc(C)c3c(-c4cc(C)oc4C)nn(C)c3n2)cc1. The van der Waals surface area contributed by atoms with E-state index in [-0.39, 0.29) is 18.3 Å². The summed E-state index contributed by atoms with van der Waals surface area (Å²) in [4.78, 5) is 17.2. The van der Waals surface area contributed by atoms with Gasteiger partial charge >= 0.3 is 0 Å². The van der Waals surface area contributed by atoms with E-state index in [1.54, 1.807) is 4.68 Å². The lowest BCUT2D eigenvalue weighted by Gasteiger charge is -2.12. The van der Waals surface area contributed by atoms with Crippen LogP contribution in [0.5, 0.6) is 5.88 Å². The second-order valence-corrected chi connectivity index (χ2v) is 8.62. The normalized spacial score (nSPS) is 12.3. The summed E-state index contributed by atoms with van der Waals surface area (Å²) in [5.41, 5.74) is 5.89. The molecular formula is C26H29N3O3. The summed E-state index contributed by atoms with van der Waals surface area (Å²) in [5, 5.41) is 5.64. The first-order valence-corrected chi connectivity index (χ1v) is 10.9. The van der Waals surface area contributed by atoms with Gasteiger partial charge in [0.2, 0.25) is 5.88 Å². The number of Topliss-reactive ketones (excluding diaryl/α,β-unsaturated/α-hetero) is 1. The largest absolute Gasteiger partial charge is 0.470 e. The smallest absolute Gasteiger partial charge is 0.215 e. The highest BCUT2D eigenvalue weighted by Gasteiger charge is 2.20. The van der Waals surface area contributed by atoms with Crippen LogP contribution in [0.1, 0.15) is 47.5 Å². The van der Waals surface area contributed by atoms with Crippen LogP contribution in [0.4, 0.5) is 0 Å². The number of benzene rings is 1. The van der Waals surface area contributed by atoms with Gasteiger partial charge in [-0.3, -0.25) is 4.79 Å². The van der Waals surface area contributed by atoms with Crippen molar-refractivity contribution in [3.05, 3.63) is 64.6 Å². The van der Waals surface area contributed by atoms with Gasteiger partial charge in [0, 0.05) is 25.1 Å². The molecule has 1 atom stereocenters. The van der Waals surface area contributed by atoms with Gasteiger partial charge in [-0.15, -0.1) is 0 Å². The minimum absolute atomic E-state index is 0.00110. The maximum atomic E-state index is 12.5. The fourth-order valence-corrected chi connectivity index (χ4v) is 4.10. The second kappa shape index (κ2) is 8.61. The average molecular weight is 432 g/mol. The molecule has 0 saturated carbocycles. The van der Waals surface area contributed by atoms with Gasteiger partial charge in [0.05, 0.1) is 5.39 Å². The summed E-state index contributed by atoms with van der Waals surface area (Å²) >= 11 is 0. The Morgan fingerprint density at radius 2 is 1.84 bits per heavy atom. The Morgan fingerprint density at radius 3 is 2.50 bits per heavy atom. The van der Waals surface area contributed by atoms with Crippen molar-refractivity contribution in [3.63, 3.8) is 0 Å². The molecule has 4 aromatic rings. The van der Waals surface area contributed by atoms with Gasteiger partial charge in [-0.25, -0.2) is 4.68 Å². The topological polar surface area (TPSA) is 70.2 Å². The Morgan fingerprint density at radius 1 is 1.12 bits per heavy atom. The van der Waals surface area contributed by atoms with Crippen LogP contribution in [0.3, 0.4) is 0 Å². The third kappa shape index (κ3) is 4.31. The molecule has 1 aromatic carbocycles. The lowest BCUT2D eigenvalue weighted by atomic mass is 9.95. The highest BCUT2D eigenvalue weighted by atomic mass is 16.5. The molecule has 0 unspecified atom stereocenters. The van der Waals surface area contributed by atoms with Crippen LogP contribution in [0.15, 0.2) is 40.8 Å². The molecule has 0 fully saturated rings. The molecule has 3 heterocycles. The predicted octanol–water partition coefficient (Wildman–Crippen LogP) is 5.60. The number of hydrogen-bond donors (Lipinski definition) is 0. The van der Waals surface area contributed by atoms with E-state index in [9.17, 15) is 4.79 Å². The molecular weight excluding hydrogens is 402 g/mol. The maximum Gasteiger partial charge on any atom is 0.215 e. The Balaban J connectivity index is 1.50. The fourth-order valence-electron chi connectivity index (χ4n) is 4.10. The fraction of sp³-hybridized carbons (Fsp3) is 0.346. The first kappa shape index (κ1) is 21.8. The van der Waals surface area contributed by atoms with Crippen molar-refractivity contribution in [1.82, 2.24) is 14.8 Å². The number of nitrogens with zero attached hydrogens (tertiary/aromatic N) is 3. The lowest BCUT2D eigenvalue weighted by Crippen LogP contribution is -2.14. The van der Waals surface area contributed by atoms with Gasteiger partial charge in [0.15, 0.2) is 11.4 Å². The molecule has 0 aliphatic heterocycles. The summed E-state index contributed by atoms with van der Waals surface area (Å²) in [7, 11) is 1.86. The van der Waals surface area contributed by atoms with Gasteiger partial charge in [-0.1, -0.05) is 36.8 Å². The molecule has 166 valence electrons. The van der Waals surface area contributed by atoms with Crippen LogP contribution in [0, 0.1) is 27.7 Å². The monoisotopic (exact) mass is 431 g/mol. The van der Waals surface area contributed by atoms with E-state index in [1.807, 2.05) is 40.0 Å². The van der Waals surface area contributed by atoms with E-state index in [4.69, 9.17) is 9.15 Å². The van der Waals surface area contributed by atoms with E-state index in [1.165, 1.54) is 5.56 Å². The van der Waals surface area contributed by atoms with Crippen LogP contribution in [0.2, 0.25) is 0 Å². The molecule has 0 aliphatic carbocycles. The first-order chi connectivity index (χ1) is 15.2. The molecule has 0 N–H and O–H groups in total. The van der Waals surface area contributed by atoms with Gasteiger partial charge in [-0.05, 0) is 50.8 Å². The molecule has 3 aromatic heterocycles. The molecule has 0 amide bonds. The van der Waals surface area contributed by atoms with Crippen LogP contribution < -0.4 is 4.74 Å². The standard InChI is InChI=1S/C26H29N3O3/c1-15-7-9-20(10-8-15)16(2)11-21(30)14-31-23-12-17(3)24-25(28-29(6)26(24)27-23)22-13-18(4)32-19(22)5/h7-10,12-13,16H,11,14H2,1-6H3/t16-/m1/s1. The summed E-state index contributed by atoms with van der Waals surface area (Å²) in [6.45, 7) is 9.99. The van der Waals surface area contributed by atoms with Crippen LogP contribution in [-0.2, 0) is 11.8 Å². The number of ether oxygens (including phenoxy) is 1. The van der Waals surface area contributed by atoms with Crippen molar-refractivity contribution >= 4 is 16.8 Å². The molecule has 4 rings (SSSR count). The summed E-state index contributed by atoms with van der Waals surface area (Å²) in [6.07, 6.45) is 0.430. The number of aryl methyl sites for hydroxylation is 5. The van der Waals surface area contributed by atoms with Gasteiger partial charge in [-0.2, -0.15) is 10.1 Å². The van der Waals surface area contributed by atoms with E-state index < -0.39 is 0 Å². The molecule has 0 spiro atoms. The number of hydrogen-bond acceptors (Lipinski definition) is 5. The number of carbonyl (C=O) groups excluding carboxylic acids is 1. The van der Waals surface area contributed by atoms with Crippen molar-refractivity contribution in [1.29, 1.82) is 0 Å². The van der Waals surface area contributed by atoms with Crippen molar-refractivity contribution in [2.45, 2.75) is 47.0 Å². The first-order valence-electron chi connectivity index (χ1n) is 10.9. The molecule has 6 nitrogen and oxygen atoms in total. The zero-order chi connectivity index (χ0) is 23.0. The summed E-state index contributed by atoms with van der Waals surface area (Å²) < 4.78 is 13.2. The summed E-state index contributed by atoms with van der Waals surface area (Å²) in [6, 6.07) is 12.2. The minimum atomic E-state index is -0.00110. The molecule has 0 aliphatic rings. The molecule has 6 heteroatoms. The van der Waals surface area contributed by atoms with Gasteiger partial charge in [0.1, 0.15) is 23.8 Å². The highest BCUT2D eigenvalue weighted by molar-refractivity contribution is 5.94. The van der Waals surface area contributed by atoms with E-state index in [0.29, 0.717) is 17.9 Å². The lowest BCUT2D eigenvalue weighted by molar-refractivity contribution is -0.121. The predicted molar refractivity (Wildman–Crippen MR) is 125 cm³/mol. The van der Waals surface area contributed by atoms with Gasteiger partial charge in [0.25, 0.3) is 0 Å². The highest BCUT2D eigenvalue weighted by Crippen LogP contribution is 2.34. The number of carbonyl (C=O) groups is 1. The Labute approximate surface area is 188 Å². The summed E-state index contributed by atoms with van der Waals surface area (Å²) in [5.74, 6) is 2.30. The third-order valence-corrected chi connectivity index (χ3v) is 5.82. The maximum absolute atomic E-state index is 12.5. The molecule has 0 bridgehead atoms. The number of aromatic nitrogens is 3. The Hall–Kier alpha value is -3.41.